The standard InChI is InChI=1S/C40H52N4O5/c1-39(2,3)30-19-21-32(22-20-30)44(35(29-16-13-23-41-25-29)36(45)42-31-17-11-8-12-18-31)37(46)34-24-33(48-27-28-14-9-7-10-15-28)26-43(34)38(47)49-40(4,5)6/h7,9-10,13-16,19-23,25,31,33-35H,8,11-12,17-18,24,26-27H2,1-6H3,(H,42,45)/t33-,34+,35?/m0/s1. The Morgan fingerprint density at radius 3 is 2.22 bits per heavy atom. The van der Waals surface area contributed by atoms with Crippen LogP contribution in [0, 0.1) is 0 Å². The number of benzene rings is 2. The zero-order valence-electron chi connectivity index (χ0n) is 29.9. The van der Waals surface area contributed by atoms with Gasteiger partial charge in [0.25, 0.3) is 5.91 Å². The number of likely N-dealkylation sites (tertiary alicyclic amines) is 1. The molecule has 0 bridgehead atoms. The van der Waals surface area contributed by atoms with Gasteiger partial charge in [0.05, 0.1) is 19.3 Å². The molecule has 9 heteroatoms. The molecule has 5 rings (SSSR count). The van der Waals surface area contributed by atoms with Crippen molar-refractivity contribution in [1.29, 1.82) is 0 Å². The average molecular weight is 669 g/mol. The highest BCUT2D eigenvalue weighted by Gasteiger charge is 2.46. The zero-order valence-corrected chi connectivity index (χ0v) is 29.9. The molecule has 9 nitrogen and oxygen atoms in total. The van der Waals surface area contributed by atoms with Crippen LogP contribution in [-0.4, -0.2) is 58.1 Å². The van der Waals surface area contributed by atoms with Crippen LogP contribution in [0.15, 0.2) is 79.1 Å². The van der Waals surface area contributed by atoms with Gasteiger partial charge in [-0.25, -0.2) is 4.79 Å². The summed E-state index contributed by atoms with van der Waals surface area (Å²) >= 11 is 0. The lowest BCUT2D eigenvalue weighted by atomic mass is 9.87. The van der Waals surface area contributed by atoms with Crippen LogP contribution in [0.5, 0.6) is 0 Å². The van der Waals surface area contributed by atoms with Crippen LogP contribution in [0.3, 0.4) is 0 Å². The number of hydrogen-bond acceptors (Lipinski definition) is 6. The van der Waals surface area contributed by atoms with Gasteiger partial charge in [-0.15, -0.1) is 0 Å². The van der Waals surface area contributed by atoms with E-state index < -0.39 is 29.9 Å². The summed E-state index contributed by atoms with van der Waals surface area (Å²) in [6, 6.07) is 19.3. The van der Waals surface area contributed by atoms with Crippen molar-refractivity contribution in [3.8, 4) is 0 Å². The van der Waals surface area contributed by atoms with Gasteiger partial charge in [0.15, 0.2) is 0 Å². The van der Waals surface area contributed by atoms with Crippen molar-refractivity contribution >= 4 is 23.6 Å². The van der Waals surface area contributed by atoms with E-state index in [1.807, 2.05) is 60.7 Å². The molecule has 49 heavy (non-hydrogen) atoms. The highest BCUT2D eigenvalue weighted by Crippen LogP contribution is 2.35. The maximum Gasteiger partial charge on any atom is 0.411 e. The van der Waals surface area contributed by atoms with E-state index in [1.54, 1.807) is 44.1 Å². The van der Waals surface area contributed by atoms with Gasteiger partial charge in [0.2, 0.25) is 5.91 Å². The predicted molar refractivity (Wildman–Crippen MR) is 191 cm³/mol. The Kier molecular flexibility index (Phi) is 11.4. The SMILES string of the molecule is CC(C)(C)OC(=O)N1C[C@@H](OCc2ccccc2)C[C@@H]1C(=O)N(c1ccc(C(C)(C)C)cc1)C(C(=O)NC1CCCCC1)c1cccnc1. The van der Waals surface area contributed by atoms with E-state index in [1.165, 1.54) is 4.90 Å². The lowest BCUT2D eigenvalue weighted by Crippen LogP contribution is -2.53. The maximum atomic E-state index is 15.2. The first-order valence-corrected chi connectivity index (χ1v) is 17.6. The fourth-order valence-corrected chi connectivity index (χ4v) is 6.63. The minimum absolute atomic E-state index is 0.0288. The van der Waals surface area contributed by atoms with Gasteiger partial charge in [-0.3, -0.25) is 24.4 Å². The number of rotatable bonds is 9. The molecule has 1 saturated carbocycles. The topological polar surface area (TPSA) is 101 Å². The lowest BCUT2D eigenvalue weighted by molar-refractivity contribution is -0.129. The third kappa shape index (κ3) is 9.47. The quantitative estimate of drug-likeness (QED) is 0.254. The Morgan fingerprint density at radius 1 is 0.918 bits per heavy atom. The molecular formula is C40H52N4O5. The molecule has 1 unspecified atom stereocenters. The predicted octanol–water partition coefficient (Wildman–Crippen LogP) is 7.50. The van der Waals surface area contributed by atoms with Gasteiger partial charge in [-0.05, 0) is 68.4 Å². The van der Waals surface area contributed by atoms with Gasteiger partial charge < -0.3 is 14.8 Å². The molecule has 1 aliphatic carbocycles. The molecule has 1 saturated heterocycles. The molecule has 3 atom stereocenters. The highest BCUT2D eigenvalue weighted by atomic mass is 16.6. The molecule has 0 radical (unpaired) electrons. The summed E-state index contributed by atoms with van der Waals surface area (Å²) in [7, 11) is 0. The summed E-state index contributed by atoms with van der Waals surface area (Å²) in [5.74, 6) is -0.653. The highest BCUT2D eigenvalue weighted by molar-refractivity contribution is 6.05. The largest absolute Gasteiger partial charge is 0.444 e. The minimum Gasteiger partial charge on any atom is -0.444 e. The number of nitrogens with zero attached hydrogens (tertiary/aromatic N) is 3. The molecular weight excluding hydrogens is 616 g/mol. The second kappa shape index (κ2) is 15.5. The first-order valence-electron chi connectivity index (χ1n) is 17.6. The molecule has 1 aliphatic heterocycles. The van der Waals surface area contributed by atoms with Gasteiger partial charge in [-0.2, -0.15) is 0 Å². The molecule has 2 heterocycles. The number of pyridine rings is 1. The first kappa shape index (κ1) is 36.1. The fraction of sp³-hybridized carbons (Fsp3) is 0.500. The van der Waals surface area contributed by atoms with Gasteiger partial charge in [-0.1, -0.05) is 88.6 Å². The van der Waals surface area contributed by atoms with Crippen LogP contribution in [0.25, 0.3) is 0 Å². The van der Waals surface area contributed by atoms with E-state index >= 15 is 4.79 Å². The minimum atomic E-state index is -1.02. The summed E-state index contributed by atoms with van der Waals surface area (Å²) < 4.78 is 12.1. The molecule has 0 spiro atoms. The van der Waals surface area contributed by atoms with Crippen LogP contribution >= 0.6 is 0 Å². The number of anilines is 1. The van der Waals surface area contributed by atoms with Crippen molar-refractivity contribution in [2.24, 2.45) is 0 Å². The number of carbonyl (C=O) groups excluding carboxylic acids is 3. The lowest BCUT2D eigenvalue weighted by Gasteiger charge is -2.36. The van der Waals surface area contributed by atoms with Crippen molar-refractivity contribution in [3.05, 3.63) is 95.8 Å². The molecule has 262 valence electrons. The average Bonchev–Trinajstić information content (AvgIpc) is 3.51. The first-order chi connectivity index (χ1) is 23.3. The van der Waals surface area contributed by atoms with Crippen molar-refractivity contribution in [2.45, 2.75) is 122 Å². The summed E-state index contributed by atoms with van der Waals surface area (Å²) in [5.41, 5.74) is 2.35. The van der Waals surface area contributed by atoms with Crippen molar-refractivity contribution in [3.63, 3.8) is 0 Å². The number of nitrogens with one attached hydrogen (secondary N) is 1. The fourth-order valence-electron chi connectivity index (χ4n) is 6.63. The van der Waals surface area contributed by atoms with Crippen LogP contribution in [0.1, 0.15) is 103 Å². The van der Waals surface area contributed by atoms with Crippen LogP contribution < -0.4 is 10.2 Å². The monoisotopic (exact) mass is 668 g/mol. The van der Waals surface area contributed by atoms with Crippen molar-refractivity contribution in [1.82, 2.24) is 15.2 Å². The third-order valence-electron chi connectivity index (χ3n) is 9.21. The van der Waals surface area contributed by atoms with E-state index in [0.29, 0.717) is 17.9 Å². The molecule has 2 aliphatic rings. The van der Waals surface area contributed by atoms with E-state index in [-0.39, 0.29) is 36.2 Å². The van der Waals surface area contributed by atoms with Crippen molar-refractivity contribution < 1.29 is 23.9 Å². The molecule has 3 amide bonds. The van der Waals surface area contributed by atoms with E-state index in [2.05, 4.69) is 31.1 Å². The normalized spacial score (nSPS) is 19.3. The van der Waals surface area contributed by atoms with Crippen LogP contribution in [0.2, 0.25) is 0 Å². The van der Waals surface area contributed by atoms with E-state index in [4.69, 9.17) is 9.47 Å². The number of carbonyl (C=O) groups is 3. The van der Waals surface area contributed by atoms with E-state index in [0.717, 1.165) is 43.2 Å². The molecule has 2 aromatic carbocycles. The number of ether oxygens (including phenoxy) is 2. The number of hydrogen-bond donors (Lipinski definition) is 1. The van der Waals surface area contributed by atoms with Crippen molar-refractivity contribution in [2.75, 3.05) is 11.4 Å². The molecule has 2 fully saturated rings. The van der Waals surface area contributed by atoms with E-state index in [9.17, 15) is 9.59 Å². The smallest absolute Gasteiger partial charge is 0.411 e. The Hall–Kier alpha value is -4.24. The maximum absolute atomic E-state index is 15.2. The number of aromatic nitrogens is 1. The summed E-state index contributed by atoms with van der Waals surface area (Å²) in [6.45, 7) is 12.3. The second-order valence-corrected chi connectivity index (χ2v) is 15.3. The van der Waals surface area contributed by atoms with Gasteiger partial charge in [0.1, 0.15) is 17.7 Å². The van der Waals surface area contributed by atoms with Crippen LogP contribution in [-0.2, 0) is 31.1 Å². The Morgan fingerprint density at radius 2 is 1.61 bits per heavy atom. The Balaban J connectivity index is 1.55. The third-order valence-corrected chi connectivity index (χ3v) is 9.21. The summed E-state index contributed by atoms with van der Waals surface area (Å²) in [5, 5.41) is 3.27. The molecule has 3 aromatic rings. The van der Waals surface area contributed by atoms with Gasteiger partial charge in [0, 0.05) is 36.1 Å². The second-order valence-electron chi connectivity index (χ2n) is 15.3. The molecule has 1 N–H and O–H groups in total. The Bertz CT molecular complexity index is 1540. The zero-order chi connectivity index (χ0) is 35.2. The summed E-state index contributed by atoms with van der Waals surface area (Å²) in [4.78, 5) is 50.7. The van der Waals surface area contributed by atoms with Crippen LogP contribution in [0.4, 0.5) is 10.5 Å². The van der Waals surface area contributed by atoms with Gasteiger partial charge >= 0.3 is 6.09 Å². The molecule has 1 aromatic heterocycles. The number of amides is 3. The summed E-state index contributed by atoms with van der Waals surface area (Å²) in [6.07, 6.45) is 7.59. The Labute approximate surface area is 291 Å².